The molecule has 0 fully saturated rings. The summed E-state index contributed by atoms with van der Waals surface area (Å²) in [6.07, 6.45) is 9.94. The summed E-state index contributed by atoms with van der Waals surface area (Å²) >= 11 is 1.93. The van der Waals surface area contributed by atoms with Gasteiger partial charge in [-0.3, -0.25) is 50.3 Å². The number of ketones is 2. The van der Waals surface area contributed by atoms with Gasteiger partial charge in [0.25, 0.3) is 23.2 Å². The van der Waals surface area contributed by atoms with Crippen molar-refractivity contribution in [2.75, 3.05) is 13.1 Å². The van der Waals surface area contributed by atoms with Crippen molar-refractivity contribution >= 4 is 57.4 Å². The molecule has 40 heavy (non-hydrogen) atoms. The number of nitrogens with zero attached hydrogens (tertiary/aromatic N) is 4. The summed E-state index contributed by atoms with van der Waals surface area (Å²) in [5.41, 5.74) is 4.86. The van der Waals surface area contributed by atoms with Crippen molar-refractivity contribution in [2.45, 2.75) is 12.8 Å². The molecule has 4 heterocycles. The van der Waals surface area contributed by atoms with Crippen LogP contribution in [0, 0.1) is 20.2 Å². The molecule has 0 aromatic carbocycles. The molecule has 0 saturated heterocycles. The quantitative estimate of drug-likeness (QED) is 0.239. The highest BCUT2D eigenvalue weighted by Crippen LogP contribution is 2.24. The van der Waals surface area contributed by atoms with E-state index in [0.29, 0.717) is 0 Å². The number of allylic oxidation sites excluding steroid dienone is 2. The monoisotopic (exact) mass is 584 g/mol. The Morgan fingerprint density at radius 1 is 0.750 bits per heavy atom. The molecule has 16 heteroatoms. The molecule has 4 rings (SSSR count). The third-order valence-electron chi connectivity index (χ3n) is 5.58. The molecule has 2 N–H and O–H groups in total. The SMILES string of the molecule is O=C(NNC(=O)C1=CN(CC(=O)c2cc([N+](=O)[O-])cs2)C=CC1)C1=CN(CC(=O)c2cc([N+](=O)[O-])cs2)C=CC1. The number of carbonyl (C=O) groups is 4. The van der Waals surface area contributed by atoms with Gasteiger partial charge in [0.05, 0.1) is 43.5 Å². The number of thiophene rings is 2. The van der Waals surface area contributed by atoms with E-state index in [0.717, 1.165) is 22.7 Å². The van der Waals surface area contributed by atoms with Crippen molar-refractivity contribution < 1.29 is 29.0 Å². The molecule has 2 aliphatic heterocycles. The highest BCUT2D eigenvalue weighted by molar-refractivity contribution is 7.12. The minimum atomic E-state index is -0.597. The van der Waals surface area contributed by atoms with E-state index in [9.17, 15) is 39.4 Å². The van der Waals surface area contributed by atoms with Crippen LogP contribution in [0.3, 0.4) is 0 Å². The summed E-state index contributed by atoms with van der Waals surface area (Å²) in [4.78, 5) is 74.1. The first-order valence-electron chi connectivity index (χ1n) is 11.5. The van der Waals surface area contributed by atoms with Crippen LogP contribution in [0.5, 0.6) is 0 Å². The van der Waals surface area contributed by atoms with Gasteiger partial charge in [0, 0.05) is 48.1 Å². The van der Waals surface area contributed by atoms with Crippen molar-refractivity contribution in [3.05, 3.63) is 101 Å². The average Bonchev–Trinajstić information content (AvgIpc) is 3.63. The molecule has 0 saturated carbocycles. The highest BCUT2D eigenvalue weighted by Gasteiger charge is 2.21. The molecule has 0 bridgehead atoms. The largest absolute Gasteiger partial charge is 0.346 e. The van der Waals surface area contributed by atoms with Crippen LogP contribution < -0.4 is 10.9 Å². The number of nitrogens with one attached hydrogen (secondary N) is 2. The summed E-state index contributed by atoms with van der Waals surface area (Å²) in [5, 5.41) is 24.2. The summed E-state index contributed by atoms with van der Waals surface area (Å²) in [7, 11) is 0. The Bertz CT molecular complexity index is 1410. The van der Waals surface area contributed by atoms with E-state index in [4.69, 9.17) is 0 Å². The number of hydrogen-bond acceptors (Lipinski definition) is 12. The highest BCUT2D eigenvalue weighted by atomic mass is 32.1. The molecule has 0 radical (unpaired) electrons. The van der Waals surface area contributed by atoms with E-state index in [2.05, 4.69) is 10.9 Å². The Morgan fingerprint density at radius 3 is 1.50 bits per heavy atom. The lowest BCUT2D eigenvalue weighted by Crippen LogP contribution is -2.44. The van der Waals surface area contributed by atoms with E-state index < -0.39 is 21.7 Å². The van der Waals surface area contributed by atoms with E-state index >= 15 is 0 Å². The van der Waals surface area contributed by atoms with E-state index in [1.54, 1.807) is 24.6 Å². The maximum atomic E-state index is 12.6. The van der Waals surface area contributed by atoms with Gasteiger partial charge in [0.15, 0.2) is 11.6 Å². The van der Waals surface area contributed by atoms with Crippen LogP contribution in [-0.2, 0) is 9.59 Å². The first-order valence-corrected chi connectivity index (χ1v) is 13.3. The predicted molar refractivity (Wildman–Crippen MR) is 144 cm³/mol. The van der Waals surface area contributed by atoms with Crippen molar-refractivity contribution in [1.82, 2.24) is 20.7 Å². The van der Waals surface area contributed by atoms with Crippen molar-refractivity contribution in [1.29, 1.82) is 0 Å². The van der Waals surface area contributed by atoms with Crippen LogP contribution >= 0.6 is 22.7 Å². The molecule has 2 aliphatic rings. The molecule has 2 amide bonds. The molecule has 2 aromatic heterocycles. The topological polar surface area (TPSA) is 185 Å². The molecular formula is C24H20N6O8S2. The fourth-order valence-corrected chi connectivity index (χ4v) is 5.19. The first kappa shape index (κ1) is 28.1. The van der Waals surface area contributed by atoms with Gasteiger partial charge in [-0.05, 0) is 12.8 Å². The van der Waals surface area contributed by atoms with Gasteiger partial charge in [-0.15, -0.1) is 22.7 Å². The summed E-state index contributed by atoms with van der Waals surface area (Å²) in [6.45, 7) is -0.270. The van der Waals surface area contributed by atoms with Crippen LogP contribution in [0.4, 0.5) is 11.4 Å². The summed E-state index contributed by atoms with van der Waals surface area (Å²) < 4.78 is 0. The molecule has 2 aromatic rings. The van der Waals surface area contributed by atoms with Gasteiger partial charge in [-0.1, -0.05) is 12.2 Å². The van der Waals surface area contributed by atoms with E-state index in [-0.39, 0.29) is 69.8 Å². The van der Waals surface area contributed by atoms with Crippen molar-refractivity contribution in [3.63, 3.8) is 0 Å². The lowest BCUT2D eigenvalue weighted by Gasteiger charge is -2.21. The van der Waals surface area contributed by atoms with Gasteiger partial charge in [-0.2, -0.15) is 0 Å². The molecule has 0 unspecified atom stereocenters. The molecular weight excluding hydrogens is 564 g/mol. The first-order chi connectivity index (χ1) is 19.1. The second kappa shape index (κ2) is 12.3. The third-order valence-corrected chi connectivity index (χ3v) is 7.50. The zero-order chi connectivity index (χ0) is 28.8. The normalized spacial score (nSPS) is 14.3. The number of Topliss-reactive ketones (excluding diaryl/α,β-unsaturated/α-hetero) is 2. The summed E-state index contributed by atoms with van der Waals surface area (Å²) in [6, 6.07) is 2.40. The minimum absolute atomic E-state index is 0.135. The Labute approximate surface area is 233 Å². The van der Waals surface area contributed by atoms with Gasteiger partial charge >= 0.3 is 0 Å². The Morgan fingerprint density at radius 2 is 1.15 bits per heavy atom. The predicted octanol–water partition coefficient (Wildman–Crippen LogP) is 3.05. The number of hydrogen-bond donors (Lipinski definition) is 2. The fraction of sp³-hybridized carbons (Fsp3) is 0.167. The standard InChI is InChI=1S/C24H20N6O8S2/c31-19(21-7-17(13-39-21)29(35)36)11-27-5-1-3-15(9-27)23(33)25-26-24(34)16-4-2-6-28(10-16)12-20(32)22-8-18(14-40-22)30(37)38/h1-2,5-10,13-14H,3-4,11-12H2,(H,25,33)(H,26,34). The number of carbonyl (C=O) groups excluding carboxylic acids is 4. The average molecular weight is 585 g/mol. The molecule has 0 aliphatic carbocycles. The smallest absolute Gasteiger partial charge is 0.280 e. The minimum Gasteiger partial charge on any atom is -0.346 e. The van der Waals surface area contributed by atoms with Crippen LogP contribution in [0.2, 0.25) is 0 Å². The van der Waals surface area contributed by atoms with Crippen molar-refractivity contribution in [2.24, 2.45) is 0 Å². The summed E-state index contributed by atoms with van der Waals surface area (Å²) in [5.74, 6) is -1.90. The van der Waals surface area contributed by atoms with Gasteiger partial charge in [0.1, 0.15) is 0 Å². The lowest BCUT2D eigenvalue weighted by molar-refractivity contribution is -0.384. The molecule has 0 atom stereocenters. The number of amides is 2. The number of nitro groups is 2. The zero-order valence-electron chi connectivity index (χ0n) is 20.5. The maximum absolute atomic E-state index is 12.6. The second-order valence-corrected chi connectivity index (χ2v) is 10.3. The maximum Gasteiger partial charge on any atom is 0.280 e. The number of rotatable bonds is 10. The lowest BCUT2D eigenvalue weighted by atomic mass is 10.1. The van der Waals surface area contributed by atoms with Crippen LogP contribution in [0.1, 0.15) is 32.2 Å². The molecule has 206 valence electrons. The third kappa shape index (κ3) is 6.91. The van der Waals surface area contributed by atoms with E-state index in [1.165, 1.54) is 45.1 Å². The van der Waals surface area contributed by atoms with Gasteiger partial charge in [-0.25, -0.2) is 0 Å². The Balaban J connectivity index is 1.29. The second-order valence-electron chi connectivity index (χ2n) is 8.44. The Kier molecular flexibility index (Phi) is 8.60. The van der Waals surface area contributed by atoms with E-state index in [1.807, 2.05) is 0 Å². The van der Waals surface area contributed by atoms with Gasteiger partial charge < -0.3 is 9.80 Å². The number of hydrazine groups is 1. The van der Waals surface area contributed by atoms with Gasteiger partial charge in [0.2, 0.25) is 0 Å². The Hall–Kier alpha value is -4.96. The molecule has 0 spiro atoms. The van der Waals surface area contributed by atoms with Crippen molar-refractivity contribution in [3.8, 4) is 0 Å². The molecule has 14 nitrogen and oxygen atoms in total. The fourth-order valence-electron chi connectivity index (χ4n) is 3.62. The van der Waals surface area contributed by atoms with Crippen LogP contribution in [-0.4, -0.2) is 56.1 Å². The van der Waals surface area contributed by atoms with Crippen LogP contribution in [0.25, 0.3) is 0 Å². The van der Waals surface area contributed by atoms with Crippen LogP contribution in [0.15, 0.2) is 71.0 Å². The zero-order valence-corrected chi connectivity index (χ0v) is 22.1.